The summed E-state index contributed by atoms with van der Waals surface area (Å²) in [5, 5.41) is 10.5. The maximum atomic E-state index is 11.8. The molecule has 0 radical (unpaired) electrons. The fourth-order valence-electron chi connectivity index (χ4n) is 0.551. The van der Waals surface area contributed by atoms with Gasteiger partial charge in [-0.15, -0.1) is 0 Å². The number of ether oxygens (including phenoxy) is 1. The first-order valence-corrected chi connectivity index (χ1v) is 3.14. The van der Waals surface area contributed by atoms with Gasteiger partial charge in [-0.25, -0.2) is 0 Å². The minimum atomic E-state index is -6.34. The lowest BCUT2D eigenvalue weighted by Gasteiger charge is -2.39. The normalized spacial score (nSPS) is 13.5. The molecule has 0 fully saturated rings. The van der Waals surface area contributed by atoms with Gasteiger partial charge in [0.15, 0.2) is 5.60 Å². The maximum absolute atomic E-state index is 11.8. The third-order valence-corrected chi connectivity index (χ3v) is 1.28. The van der Waals surface area contributed by atoms with Crippen LogP contribution in [-0.2, 0) is 9.53 Å². The number of halogens is 6. The summed E-state index contributed by atoms with van der Waals surface area (Å²) >= 11 is 0. The standard InChI is InChI=1S/C6H3F6O3/c1-2-15-3(13)4(14,5(7,8)9)6(10,11)12/h2H,1H2/q-1. The summed E-state index contributed by atoms with van der Waals surface area (Å²) in [6, 6.07) is 0. The van der Waals surface area contributed by atoms with E-state index in [2.05, 4.69) is 11.3 Å². The molecule has 0 aromatic carbocycles. The quantitative estimate of drug-likeness (QED) is 0.407. The molecule has 0 aliphatic carbocycles. The number of carbonyl (C=O) groups excluding carboxylic acids is 1. The van der Waals surface area contributed by atoms with E-state index in [0.29, 0.717) is 0 Å². The third kappa shape index (κ3) is 2.22. The van der Waals surface area contributed by atoms with Gasteiger partial charge in [0.2, 0.25) is 0 Å². The van der Waals surface area contributed by atoms with Crippen LogP contribution in [0.3, 0.4) is 0 Å². The van der Waals surface area contributed by atoms with Crippen molar-refractivity contribution in [2.75, 3.05) is 0 Å². The molecule has 0 amide bonds. The predicted octanol–water partition coefficient (Wildman–Crippen LogP) is 0.897. The van der Waals surface area contributed by atoms with Crippen LogP contribution in [0.5, 0.6) is 0 Å². The van der Waals surface area contributed by atoms with Crippen LogP contribution in [0.2, 0.25) is 0 Å². The van der Waals surface area contributed by atoms with E-state index in [1.54, 1.807) is 0 Å². The summed E-state index contributed by atoms with van der Waals surface area (Å²) in [7, 11) is 0. The van der Waals surface area contributed by atoms with Crippen molar-refractivity contribution in [2.45, 2.75) is 18.0 Å². The van der Waals surface area contributed by atoms with E-state index in [9.17, 15) is 36.2 Å². The van der Waals surface area contributed by atoms with Crippen LogP contribution in [0.1, 0.15) is 0 Å². The molecule has 15 heavy (non-hydrogen) atoms. The van der Waals surface area contributed by atoms with Gasteiger partial charge in [-0.05, 0) is 0 Å². The van der Waals surface area contributed by atoms with Crippen molar-refractivity contribution in [3.8, 4) is 0 Å². The molecule has 0 aliphatic rings. The Bertz CT molecular complexity index is 251. The average molecular weight is 237 g/mol. The zero-order valence-corrected chi connectivity index (χ0v) is 6.78. The molecular weight excluding hydrogens is 234 g/mol. The Hall–Kier alpha value is -1.25. The molecule has 88 valence electrons. The highest BCUT2D eigenvalue weighted by atomic mass is 19.4. The molecule has 3 nitrogen and oxygen atoms in total. The summed E-state index contributed by atoms with van der Waals surface area (Å²) in [6.45, 7) is 2.56. The van der Waals surface area contributed by atoms with Crippen LogP contribution in [0.25, 0.3) is 0 Å². The van der Waals surface area contributed by atoms with Crippen molar-refractivity contribution < 1.29 is 41.0 Å². The van der Waals surface area contributed by atoms with Gasteiger partial charge in [-0.1, -0.05) is 6.58 Å². The van der Waals surface area contributed by atoms with Gasteiger partial charge in [-0.2, -0.15) is 26.3 Å². The minimum Gasteiger partial charge on any atom is -0.828 e. The Morgan fingerprint density at radius 3 is 1.67 bits per heavy atom. The van der Waals surface area contributed by atoms with Gasteiger partial charge in [0, 0.05) is 0 Å². The molecule has 0 heterocycles. The van der Waals surface area contributed by atoms with Crippen LogP contribution in [0, 0.1) is 0 Å². The zero-order valence-electron chi connectivity index (χ0n) is 6.78. The largest absolute Gasteiger partial charge is 0.828 e. The summed E-state index contributed by atoms with van der Waals surface area (Å²) in [5.74, 6) is -3.02. The second-order valence-electron chi connectivity index (χ2n) is 2.25. The summed E-state index contributed by atoms with van der Waals surface area (Å²) in [5.41, 5.74) is -5.80. The van der Waals surface area contributed by atoms with E-state index in [-0.39, 0.29) is 6.26 Å². The van der Waals surface area contributed by atoms with Crippen LogP contribution >= 0.6 is 0 Å². The van der Waals surface area contributed by atoms with Gasteiger partial charge in [0.1, 0.15) is 0 Å². The highest BCUT2D eigenvalue weighted by Crippen LogP contribution is 2.41. The lowest BCUT2D eigenvalue weighted by Crippen LogP contribution is -2.71. The SMILES string of the molecule is C=COC(=O)C([O-])(C(F)(F)F)C(F)(F)F. The van der Waals surface area contributed by atoms with E-state index in [1.165, 1.54) is 0 Å². The van der Waals surface area contributed by atoms with Crippen molar-refractivity contribution >= 4 is 5.97 Å². The first-order chi connectivity index (χ1) is 6.48. The lowest BCUT2D eigenvalue weighted by molar-refractivity contribution is -0.574. The van der Waals surface area contributed by atoms with Crippen molar-refractivity contribution in [3.05, 3.63) is 12.8 Å². The van der Waals surface area contributed by atoms with Crippen molar-refractivity contribution in [1.82, 2.24) is 0 Å². The van der Waals surface area contributed by atoms with E-state index in [4.69, 9.17) is 0 Å². The van der Waals surface area contributed by atoms with E-state index in [0.717, 1.165) is 0 Å². The fraction of sp³-hybridized carbons (Fsp3) is 0.500. The average Bonchev–Trinajstić information content (AvgIpc) is 1.99. The number of esters is 1. The molecular formula is C6H3F6O3-. The monoisotopic (exact) mass is 237 g/mol. The Balaban J connectivity index is 5.42. The molecule has 0 unspecified atom stereocenters. The summed E-state index contributed by atoms with van der Waals surface area (Å²) in [6.07, 6.45) is -12.7. The summed E-state index contributed by atoms with van der Waals surface area (Å²) < 4.78 is 74.1. The molecule has 0 atom stereocenters. The third-order valence-electron chi connectivity index (χ3n) is 1.28. The number of alkyl halides is 6. The number of hydrogen-bond donors (Lipinski definition) is 0. The zero-order chi connectivity index (χ0) is 12.5. The highest BCUT2D eigenvalue weighted by Gasteiger charge is 2.68. The predicted molar refractivity (Wildman–Crippen MR) is 31.1 cm³/mol. The van der Waals surface area contributed by atoms with Crippen molar-refractivity contribution in [1.29, 1.82) is 0 Å². The summed E-state index contributed by atoms with van der Waals surface area (Å²) in [4.78, 5) is 10.3. The van der Waals surface area contributed by atoms with Crippen LogP contribution in [0.4, 0.5) is 26.3 Å². The van der Waals surface area contributed by atoms with Gasteiger partial charge in [0.05, 0.1) is 6.26 Å². The second kappa shape index (κ2) is 3.72. The Kier molecular flexibility index (Phi) is 3.41. The molecule has 0 aromatic heterocycles. The second-order valence-corrected chi connectivity index (χ2v) is 2.25. The molecule has 9 heteroatoms. The van der Waals surface area contributed by atoms with E-state index < -0.39 is 23.9 Å². The molecule has 0 saturated heterocycles. The molecule has 0 aliphatic heterocycles. The first-order valence-electron chi connectivity index (χ1n) is 3.14. The molecule has 0 bridgehead atoms. The molecule has 0 spiro atoms. The van der Waals surface area contributed by atoms with Gasteiger partial charge >= 0.3 is 18.3 Å². The molecule has 0 aromatic rings. The number of rotatable bonds is 2. The highest BCUT2D eigenvalue weighted by molar-refractivity contribution is 5.81. The van der Waals surface area contributed by atoms with Crippen molar-refractivity contribution in [2.24, 2.45) is 0 Å². The lowest BCUT2D eigenvalue weighted by atomic mass is 10.0. The maximum Gasteiger partial charge on any atom is 0.399 e. The Morgan fingerprint density at radius 1 is 1.13 bits per heavy atom. The van der Waals surface area contributed by atoms with Crippen LogP contribution in [-0.4, -0.2) is 23.9 Å². The van der Waals surface area contributed by atoms with E-state index >= 15 is 0 Å². The van der Waals surface area contributed by atoms with Crippen LogP contribution < -0.4 is 5.11 Å². The topological polar surface area (TPSA) is 49.4 Å². The minimum absolute atomic E-state index is 0.00641. The molecule has 0 rings (SSSR count). The van der Waals surface area contributed by atoms with E-state index in [1.807, 2.05) is 0 Å². The number of carbonyl (C=O) groups is 1. The Labute approximate surface area is 78.9 Å². The smallest absolute Gasteiger partial charge is 0.399 e. The molecule has 0 saturated carbocycles. The fourth-order valence-corrected chi connectivity index (χ4v) is 0.551. The molecule has 0 N–H and O–H groups in total. The van der Waals surface area contributed by atoms with Gasteiger partial charge in [0.25, 0.3) is 0 Å². The number of hydrogen-bond acceptors (Lipinski definition) is 3. The van der Waals surface area contributed by atoms with Gasteiger partial charge in [-0.3, -0.25) is 4.79 Å². The Morgan fingerprint density at radius 2 is 1.47 bits per heavy atom. The van der Waals surface area contributed by atoms with Crippen LogP contribution in [0.15, 0.2) is 12.8 Å². The van der Waals surface area contributed by atoms with Gasteiger partial charge < -0.3 is 9.84 Å². The van der Waals surface area contributed by atoms with Crippen molar-refractivity contribution in [3.63, 3.8) is 0 Å². The first kappa shape index (κ1) is 13.8.